The summed E-state index contributed by atoms with van der Waals surface area (Å²) < 4.78 is 25.6. The zero-order valence-corrected chi connectivity index (χ0v) is 15.0. The molecule has 1 heterocycles. The third-order valence-corrected chi connectivity index (χ3v) is 5.80. The van der Waals surface area contributed by atoms with Crippen molar-refractivity contribution in [2.75, 3.05) is 19.3 Å². The Morgan fingerprint density at radius 1 is 1.00 bits per heavy atom. The summed E-state index contributed by atoms with van der Waals surface area (Å²) in [6.45, 7) is 3.20. The molecule has 0 spiro atoms. The minimum Gasteiger partial charge on any atom is -0.212 e. The zero-order chi connectivity index (χ0) is 17.2. The van der Waals surface area contributed by atoms with Gasteiger partial charge in [0.05, 0.1) is 6.26 Å². The molecular weight excluding hydrogens is 318 g/mol. The summed E-state index contributed by atoms with van der Waals surface area (Å²) in [5.74, 6) is 0. The highest BCUT2D eigenvalue weighted by Gasteiger charge is 2.25. The van der Waals surface area contributed by atoms with E-state index in [1.165, 1.54) is 28.5 Å². The Morgan fingerprint density at radius 2 is 1.67 bits per heavy atom. The Kier molecular flexibility index (Phi) is 4.88. The minimum atomic E-state index is -3.17. The molecule has 0 radical (unpaired) electrons. The number of aryl methyl sites for hydroxylation is 1. The molecule has 0 unspecified atom stereocenters. The Morgan fingerprint density at radius 3 is 2.33 bits per heavy atom. The van der Waals surface area contributed by atoms with Gasteiger partial charge in [0.2, 0.25) is 10.0 Å². The normalized spacial score (nSPS) is 18.4. The first-order valence-corrected chi connectivity index (χ1v) is 10.1. The number of hydrogen-bond donors (Lipinski definition) is 0. The zero-order valence-electron chi connectivity index (χ0n) is 14.2. The summed E-state index contributed by atoms with van der Waals surface area (Å²) in [6, 6.07) is 18.6. The van der Waals surface area contributed by atoms with Crippen molar-refractivity contribution in [2.24, 2.45) is 0 Å². The second-order valence-electron chi connectivity index (χ2n) is 6.36. The highest BCUT2D eigenvalue weighted by atomic mass is 32.2. The van der Waals surface area contributed by atoms with Crippen LogP contribution in [0.3, 0.4) is 0 Å². The quantitative estimate of drug-likeness (QED) is 0.850. The Balaban J connectivity index is 2.16. The molecule has 1 aliphatic heterocycles. The molecule has 4 heteroatoms. The number of benzene rings is 2. The van der Waals surface area contributed by atoms with E-state index in [0.29, 0.717) is 13.1 Å². The van der Waals surface area contributed by atoms with E-state index in [9.17, 15) is 8.42 Å². The summed E-state index contributed by atoms with van der Waals surface area (Å²) in [6.07, 6.45) is 3.10. The highest BCUT2D eigenvalue weighted by Crippen LogP contribution is 2.33. The predicted molar refractivity (Wildman–Crippen MR) is 99.3 cm³/mol. The second-order valence-corrected chi connectivity index (χ2v) is 8.34. The third kappa shape index (κ3) is 3.60. The fourth-order valence-electron chi connectivity index (χ4n) is 3.34. The maximum atomic E-state index is 12.0. The van der Waals surface area contributed by atoms with Crippen LogP contribution in [0.5, 0.6) is 0 Å². The molecule has 0 N–H and O–H groups in total. The maximum absolute atomic E-state index is 12.0. The van der Waals surface area contributed by atoms with E-state index in [4.69, 9.17) is 0 Å². The van der Waals surface area contributed by atoms with Crippen molar-refractivity contribution < 1.29 is 8.42 Å². The number of piperidine rings is 1. The van der Waals surface area contributed by atoms with Crippen LogP contribution in [0.1, 0.15) is 29.5 Å². The number of sulfonamides is 1. The molecule has 2 aromatic rings. The Labute approximate surface area is 144 Å². The van der Waals surface area contributed by atoms with E-state index in [1.54, 1.807) is 4.31 Å². The standard InChI is InChI=1S/C20H23NO2S/c1-16-9-6-7-13-19(16)20(17-10-4-3-5-11-17)18-12-8-14-21(15-18)24(2,22)23/h3-7,9-11,13H,8,12,14-15H2,1-2H3/b20-18+. The topological polar surface area (TPSA) is 37.4 Å². The molecule has 2 aromatic carbocycles. The van der Waals surface area contributed by atoms with E-state index in [-0.39, 0.29) is 0 Å². The smallest absolute Gasteiger partial charge is 0.211 e. The molecule has 3 rings (SSSR count). The van der Waals surface area contributed by atoms with Crippen LogP contribution in [-0.2, 0) is 10.0 Å². The van der Waals surface area contributed by atoms with Crippen LogP contribution in [-0.4, -0.2) is 32.1 Å². The number of hydrogen-bond acceptors (Lipinski definition) is 2. The van der Waals surface area contributed by atoms with Crippen LogP contribution in [0.4, 0.5) is 0 Å². The molecule has 1 aliphatic rings. The second kappa shape index (κ2) is 6.91. The summed E-state index contributed by atoms with van der Waals surface area (Å²) in [5, 5.41) is 0. The highest BCUT2D eigenvalue weighted by molar-refractivity contribution is 7.88. The van der Waals surface area contributed by atoms with Crippen LogP contribution in [0.25, 0.3) is 5.57 Å². The SMILES string of the molecule is Cc1ccccc1/C(=C1\CCCN(S(C)(=O)=O)C1)c1ccccc1. The van der Waals surface area contributed by atoms with E-state index >= 15 is 0 Å². The first-order chi connectivity index (χ1) is 11.5. The van der Waals surface area contributed by atoms with Crippen molar-refractivity contribution in [1.29, 1.82) is 0 Å². The fourth-order valence-corrected chi connectivity index (χ4v) is 4.19. The molecular formula is C20H23NO2S. The lowest BCUT2D eigenvalue weighted by molar-refractivity contribution is 0.399. The van der Waals surface area contributed by atoms with Crippen LogP contribution >= 0.6 is 0 Å². The van der Waals surface area contributed by atoms with Gasteiger partial charge >= 0.3 is 0 Å². The fraction of sp³-hybridized carbons (Fsp3) is 0.300. The van der Waals surface area contributed by atoms with Crippen molar-refractivity contribution in [3.05, 3.63) is 76.9 Å². The maximum Gasteiger partial charge on any atom is 0.211 e. The lowest BCUT2D eigenvalue weighted by atomic mass is 9.87. The predicted octanol–water partition coefficient (Wildman–Crippen LogP) is 3.85. The lowest BCUT2D eigenvalue weighted by Gasteiger charge is -2.29. The van der Waals surface area contributed by atoms with Gasteiger partial charge in [-0.2, -0.15) is 4.31 Å². The van der Waals surface area contributed by atoms with Gasteiger partial charge in [-0.05, 0) is 47.6 Å². The largest absolute Gasteiger partial charge is 0.212 e. The number of nitrogens with zero attached hydrogens (tertiary/aromatic N) is 1. The average Bonchev–Trinajstić information content (AvgIpc) is 2.57. The van der Waals surface area contributed by atoms with Crippen molar-refractivity contribution in [3.63, 3.8) is 0 Å². The van der Waals surface area contributed by atoms with E-state index in [2.05, 4.69) is 31.2 Å². The van der Waals surface area contributed by atoms with Gasteiger partial charge in [0.25, 0.3) is 0 Å². The molecule has 0 bridgehead atoms. The van der Waals surface area contributed by atoms with Crippen molar-refractivity contribution in [2.45, 2.75) is 19.8 Å². The summed E-state index contributed by atoms with van der Waals surface area (Å²) in [4.78, 5) is 0. The molecule has 0 aromatic heterocycles. The summed E-state index contributed by atoms with van der Waals surface area (Å²) >= 11 is 0. The van der Waals surface area contributed by atoms with Crippen molar-refractivity contribution in [1.82, 2.24) is 4.31 Å². The van der Waals surface area contributed by atoms with Crippen LogP contribution in [0, 0.1) is 6.92 Å². The summed E-state index contributed by atoms with van der Waals surface area (Å²) in [5.41, 5.74) is 5.93. The molecule has 0 atom stereocenters. The van der Waals surface area contributed by atoms with Crippen LogP contribution in [0.15, 0.2) is 60.2 Å². The van der Waals surface area contributed by atoms with Crippen LogP contribution < -0.4 is 0 Å². The average molecular weight is 341 g/mol. The van der Waals surface area contributed by atoms with Gasteiger partial charge < -0.3 is 0 Å². The molecule has 0 aliphatic carbocycles. The van der Waals surface area contributed by atoms with E-state index < -0.39 is 10.0 Å². The molecule has 3 nitrogen and oxygen atoms in total. The van der Waals surface area contributed by atoms with Gasteiger partial charge in [-0.1, -0.05) is 54.6 Å². The number of rotatable bonds is 3. The molecule has 1 fully saturated rings. The Bertz CT molecular complexity index is 854. The van der Waals surface area contributed by atoms with Gasteiger partial charge in [0, 0.05) is 13.1 Å². The van der Waals surface area contributed by atoms with Crippen molar-refractivity contribution in [3.8, 4) is 0 Å². The summed E-state index contributed by atoms with van der Waals surface area (Å²) in [7, 11) is -3.17. The van der Waals surface area contributed by atoms with Gasteiger partial charge in [-0.3, -0.25) is 0 Å². The van der Waals surface area contributed by atoms with Crippen molar-refractivity contribution >= 4 is 15.6 Å². The first kappa shape index (κ1) is 16.9. The molecule has 1 saturated heterocycles. The third-order valence-electron chi connectivity index (χ3n) is 4.55. The van der Waals surface area contributed by atoms with E-state index in [0.717, 1.165) is 18.4 Å². The molecule has 0 amide bonds. The molecule has 0 saturated carbocycles. The van der Waals surface area contributed by atoms with Gasteiger partial charge in [0.1, 0.15) is 0 Å². The lowest BCUT2D eigenvalue weighted by Crippen LogP contribution is -2.36. The van der Waals surface area contributed by atoms with Gasteiger partial charge in [-0.15, -0.1) is 0 Å². The monoisotopic (exact) mass is 341 g/mol. The molecule has 24 heavy (non-hydrogen) atoms. The molecule has 126 valence electrons. The van der Waals surface area contributed by atoms with Gasteiger partial charge in [-0.25, -0.2) is 8.42 Å². The van der Waals surface area contributed by atoms with Crippen LogP contribution in [0.2, 0.25) is 0 Å². The first-order valence-electron chi connectivity index (χ1n) is 8.25. The minimum absolute atomic E-state index is 0.484. The Hall–Kier alpha value is -1.91. The van der Waals surface area contributed by atoms with Gasteiger partial charge in [0.15, 0.2) is 0 Å². The van der Waals surface area contributed by atoms with E-state index in [1.807, 2.05) is 30.3 Å².